The molecular weight excluding hydrogens is 370 g/mol. The van der Waals surface area contributed by atoms with E-state index in [-0.39, 0.29) is 16.8 Å². The smallest absolute Gasteiger partial charge is 0.282 e. The summed E-state index contributed by atoms with van der Waals surface area (Å²) in [6.45, 7) is 3.78. The first-order valence-electron chi connectivity index (χ1n) is 8.73. The van der Waals surface area contributed by atoms with E-state index in [9.17, 15) is 13.2 Å². The zero-order chi connectivity index (χ0) is 18.6. The summed E-state index contributed by atoms with van der Waals surface area (Å²) in [5.41, 5.74) is 0.603. The van der Waals surface area contributed by atoms with Gasteiger partial charge in [-0.15, -0.1) is 11.3 Å². The number of anilines is 1. The molecule has 0 saturated carbocycles. The maximum Gasteiger partial charge on any atom is 0.282 e. The van der Waals surface area contributed by atoms with Gasteiger partial charge >= 0.3 is 0 Å². The van der Waals surface area contributed by atoms with E-state index in [2.05, 4.69) is 5.32 Å². The highest BCUT2D eigenvalue weighted by Gasteiger charge is 2.27. The van der Waals surface area contributed by atoms with Crippen LogP contribution in [0.5, 0.6) is 0 Å². The Morgan fingerprint density at radius 2 is 1.92 bits per heavy atom. The Morgan fingerprint density at radius 3 is 2.54 bits per heavy atom. The molecule has 0 aliphatic carbocycles. The number of quaternary nitrogens is 1. The van der Waals surface area contributed by atoms with Crippen LogP contribution in [0.4, 0.5) is 5.69 Å². The van der Waals surface area contributed by atoms with E-state index in [1.807, 2.05) is 29.8 Å². The number of thiophene rings is 1. The molecule has 1 aromatic carbocycles. The number of rotatable bonds is 7. The van der Waals surface area contributed by atoms with Gasteiger partial charge in [0.2, 0.25) is 10.0 Å². The van der Waals surface area contributed by atoms with Crippen LogP contribution >= 0.6 is 11.3 Å². The van der Waals surface area contributed by atoms with Crippen molar-refractivity contribution >= 4 is 33.0 Å². The Balaban J connectivity index is 1.57. The van der Waals surface area contributed by atoms with Gasteiger partial charge in [-0.3, -0.25) is 4.79 Å². The number of sulfonamides is 1. The molecule has 0 unspecified atom stereocenters. The molecule has 1 atom stereocenters. The molecule has 8 heteroatoms. The molecule has 2 aromatic rings. The van der Waals surface area contributed by atoms with Crippen molar-refractivity contribution in [2.45, 2.75) is 37.2 Å². The SMILES string of the molecule is C[C@H]([NH2+]Cc1cccs1)C(=O)Nc1ccc(S(=O)(=O)N2CCCC2)cc1. The van der Waals surface area contributed by atoms with Gasteiger partial charge in [-0.25, -0.2) is 8.42 Å². The van der Waals surface area contributed by atoms with Crippen molar-refractivity contribution in [2.24, 2.45) is 0 Å². The minimum atomic E-state index is -3.42. The minimum absolute atomic E-state index is 0.100. The quantitative estimate of drug-likeness (QED) is 0.749. The maximum atomic E-state index is 12.5. The number of hydrogen-bond donors (Lipinski definition) is 2. The number of nitrogens with two attached hydrogens (primary N) is 1. The molecule has 140 valence electrons. The number of hydrogen-bond acceptors (Lipinski definition) is 4. The summed E-state index contributed by atoms with van der Waals surface area (Å²) >= 11 is 1.67. The molecule has 3 N–H and O–H groups in total. The third kappa shape index (κ3) is 4.50. The molecule has 0 bridgehead atoms. The fourth-order valence-corrected chi connectivity index (χ4v) is 5.07. The molecule has 6 nitrogen and oxygen atoms in total. The van der Waals surface area contributed by atoms with Crippen LogP contribution in [0.15, 0.2) is 46.7 Å². The highest BCUT2D eigenvalue weighted by atomic mass is 32.2. The summed E-state index contributed by atoms with van der Waals surface area (Å²) in [6.07, 6.45) is 1.82. The van der Waals surface area contributed by atoms with Crippen LogP contribution in [-0.4, -0.2) is 37.8 Å². The van der Waals surface area contributed by atoms with E-state index < -0.39 is 10.0 Å². The van der Waals surface area contributed by atoms with Crippen LogP contribution in [0.3, 0.4) is 0 Å². The third-order valence-corrected chi connectivity index (χ3v) is 7.30. The van der Waals surface area contributed by atoms with Gasteiger partial charge in [0.05, 0.1) is 9.77 Å². The second-order valence-electron chi connectivity index (χ2n) is 6.43. The molecule has 1 saturated heterocycles. The summed E-state index contributed by atoms with van der Waals surface area (Å²) in [7, 11) is -3.42. The van der Waals surface area contributed by atoms with Gasteiger partial charge in [0.15, 0.2) is 6.04 Å². The molecule has 0 radical (unpaired) electrons. The predicted molar refractivity (Wildman–Crippen MR) is 102 cm³/mol. The minimum Gasteiger partial charge on any atom is -0.332 e. The Kier molecular flexibility index (Phi) is 6.08. The fraction of sp³-hybridized carbons (Fsp3) is 0.389. The van der Waals surface area contributed by atoms with E-state index >= 15 is 0 Å². The van der Waals surface area contributed by atoms with Crippen molar-refractivity contribution in [3.05, 3.63) is 46.7 Å². The Morgan fingerprint density at radius 1 is 1.23 bits per heavy atom. The first-order chi connectivity index (χ1) is 12.5. The molecule has 0 spiro atoms. The van der Waals surface area contributed by atoms with Crippen LogP contribution in [0.25, 0.3) is 0 Å². The van der Waals surface area contributed by atoms with Gasteiger partial charge in [-0.1, -0.05) is 6.07 Å². The number of nitrogens with one attached hydrogen (secondary N) is 1. The van der Waals surface area contributed by atoms with Gasteiger partial charge < -0.3 is 10.6 Å². The summed E-state index contributed by atoms with van der Waals surface area (Å²) in [5, 5.41) is 6.84. The molecular formula is C18H24N3O3S2+. The van der Waals surface area contributed by atoms with Crippen molar-refractivity contribution in [3.63, 3.8) is 0 Å². The second kappa shape index (κ2) is 8.30. The van der Waals surface area contributed by atoms with Crippen LogP contribution in [0.2, 0.25) is 0 Å². The fourth-order valence-electron chi connectivity index (χ4n) is 2.87. The zero-order valence-corrected chi connectivity index (χ0v) is 16.4. The molecule has 1 fully saturated rings. The lowest BCUT2D eigenvalue weighted by Crippen LogP contribution is -2.90. The van der Waals surface area contributed by atoms with Crippen LogP contribution in [0, 0.1) is 0 Å². The summed E-state index contributed by atoms with van der Waals surface area (Å²) in [5.74, 6) is -0.100. The van der Waals surface area contributed by atoms with Crippen LogP contribution in [-0.2, 0) is 21.4 Å². The van der Waals surface area contributed by atoms with Crippen molar-refractivity contribution < 1.29 is 18.5 Å². The van der Waals surface area contributed by atoms with E-state index in [4.69, 9.17) is 0 Å². The number of carbonyl (C=O) groups excluding carboxylic acids is 1. The summed E-state index contributed by atoms with van der Waals surface area (Å²) < 4.78 is 26.5. The van der Waals surface area contributed by atoms with Gasteiger partial charge in [-0.05, 0) is 55.5 Å². The van der Waals surface area contributed by atoms with Crippen LogP contribution in [0.1, 0.15) is 24.6 Å². The Hall–Kier alpha value is -1.74. The molecule has 1 aliphatic rings. The molecule has 1 aromatic heterocycles. The molecule has 26 heavy (non-hydrogen) atoms. The largest absolute Gasteiger partial charge is 0.332 e. The van der Waals surface area contributed by atoms with E-state index in [0.29, 0.717) is 18.8 Å². The van der Waals surface area contributed by atoms with E-state index in [1.165, 1.54) is 9.18 Å². The highest BCUT2D eigenvalue weighted by molar-refractivity contribution is 7.89. The lowest BCUT2D eigenvalue weighted by molar-refractivity contribution is -0.688. The molecule has 3 rings (SSSR count). The Labute approximate surface area is 158 Å². The summed E-state index contributed by atoms with van der Waals surface area (Å²) in [4.78, 5) is 13.8. The average Bonchev–Trinajstić information content (AvgIpc) is 3.34. The van der Waals surface area contributed by atoms with Crippen molar-refractivity contribution in [1.82, 2.24) is 4.31 Å². The topological polar surface area (TPSA) is 83.1 Å². The van der Waals surface area contributed by atoms with Crippen molar-refractivity contribution in [2.75, 3.05) is 18.4 Å². The molecule has 2 heterocycles. The van der Waals surface area contributed by atoms with Crippen molar-refractivity contribution in [3.8, 4) is 0 Å². The Bertz CT molecular complexity index is 827. The standard InChI is InChI=1S/C18H23N3O3S2/c1-14(19-13-16-5-4-12-25-16)18(22)20-15-6-8-17(9-7-15)26(23,24)21-10-2-3-11-21/h4-9,12,14,19H,2-3,10-11,13H2,1H3,(H,20,22)/p+1/t14-/m0/s1. The number of nitrogens with zero attached hydrogens (tertiary/aromatic N) is 1. The molecule has 1 aliphatic heterocycles. The van der Waals surface area contributed by atoms with Gasteiger partial charge in [0.25, 0.3) is 5.91 Å². The predicted octanol–water partition coefficient (Wildman–Crippen LogP) is 1.62. The maximum absolute atomic E-state index is 12.5. The average molecular weight is 395 g/mol. The third-order valence-electron chi connectivity index (χ3n) is 4.49. The number of carbonyl (C=O) groups is 1. The lowest BCUT2D eigenvalue weighted by Gasteiger charge is -2.16. The number of amides is 1. The lowest BCUT2D eigenvalue weighted by atomic mass is 10.2. The van der Waals surface area contributed by atoms with Gasteiger partial charge in [0.1, 0.15) is 6.54 Å². The first-order valence-corrected chi connectivity index (χ1v) is 11.1. The van der Waals surface area contributed by atoms with E-state index in [0.717, 1.165) is 19.4 Å². The summed E-state index contributed by atoms with van der Waals surface area (Å²) in [6, 6.07) is 10.2. The number of benzene rings is 1. The zero-order valence-electron chi connectivity index (χ0n) is 14.7. The second-order valence-corrected chi connectivity index (χ2v) is 9.40. The normalized spacial score (nSPS) is 16.5. The first kappa shape index (κ1) is 19.0. The molecule has 1 amide bonds. The monoisotopic (exact) mass is 394 g/mol. The highest BCUT2D eigenvalue weighted by Crippen LogP contribution is 2.22. The van der Waals surface area contributed by atoms with E-state index in [1.54, 1.807) is 35.6 Å². The van der Waals surface area contributed by atoms with Crippen molar-refractivity contribution in [1.29, 1.82) is 0 Å². The van der Waals surface area contributed by atoms with Gasteiger partial charge in [-0.2, -0.15) is 4.31 Å². The van der Waals surface area contributed by atoms with Crippen LogP contribution < -0.4 is 10.6 Å². The van der Waals surface area contributed by atoms with Gasteiger partial charge in [0, 0.05) is 18.8 Å².